The predicted molar refractivity (Wildman–Crippen MR) is 89.2 cm³/mol. The number of ether oxygens (including phenoxy) is 1. The lowest BCUT2D eigenvalue weighted by molar-refractivity contribution is 0.310. The smallest absolute Gasteiger partial charge is 0.124 e. The first-order valence-electron chi connectivity index (χ1n) is 7.38. The van der Waals surface area contributed by atoms with Gasteiger partial charge >= 0.3 is 0 Å². The molecule has 0 heterocycles. The quantitative estimate of drug-likeness (QED) is 0.805. The van der Waals surface area contributed by atoms with Crippen molar-refractivity contribution in [2.75, 3.05) is 13.7 Å². The minimum absolute atomic E-state index is 0.205. The third-order valence-corrected chi connectivity index (χ3v) is 3.67. The van der Waals surface area contributed by atoms with Crippen molar-refractivity contribution < 1.29 is 4.74 Å². The average molecular weight is 304 g/mol. The van der Waals surface area contributed by atoms with Gasteiger partial charge in [-0.15, -0.1) is 0 Å². The second kappa shape index (κ2) is 8.06. The van der Waals surface area contributed by atoms with Crippen molar-refractivity contribution in [1.29, 1.82) is 0 Å². The monoisotopic (exact) mass is 303 g/mol. The Balaban J connectivity index is 2.20. The van der Waals surface area contributed by atoms with E-state index in [9.17, 15) is 0 Å². The van der Waals surface area contributed by atoms with Gasteiger partial charge in [-0.3, -0.25) is 0 Å². The number of hydrogen-bond donors (Lipinski definition) is 1. The molecule has 1 unspecified atom stereocenters. The number of rotatable bonds is 7. The highest BCUT2D eigenvalue weighted by molar-refractivity contribution is 6.30. The summed E-state index contributed by atoms with van der Waals surface area (Å²) in [5.74, 6) is 0.959. The molecule has 1 N–H and O–H groups in total. The van der Waals surface area contributed by atoms with Crippen LogP contribution >= 0.6 is 11.6 Å². The molecule has 0 bridgehead atoms. The summed E-state index contributed by atoms with van der Waals surface area (Å²) in [6.07, 6.45) is 1.89. The molecule has 0 radical (unpaired) electrons. The van der Waals surface area contributed by atoms with Crippen LogP contribution < -0.4 is 10.1 Å². The van der Waals surface area contributed by atoms with E-state index >= 15 is 0 Å². The Labute approximate surface area is 132 Å². The highest BCUT2D eigenvalue weighted by Crippen LogP contribution is 2.28. The van der Waals surface area contributed by atoms with Crippen molar-refractivity contribution in [1.82, 2.24) is 5.32 Å². The fraction of sp³-hybridized carbons (Fsp3) is 0.333. The van der Waals surface area contributed by atoms with Crippen LogP contribution in [0.15, 0.2) is 48.5 Å². The molecule has 0 aromatic heterocycles. The summed E-state index contributed by atoms with van der Waals surface area (Å²) in [4.78, 5) is 0. The van der Waals surface area contributed by atoms with E-state index in [1.807, 2.05) is 37.4 Å². The molecule has 2 nitrogen and oxygen atoms in total. The summed E-state index contributed by atoms with van der Waals surface area (Å²) in [7, 11) is 1.98. The van der Waals surface area contributed by atoms with Gasteiger partial charge in [0, 0.05) is 16.6 Å². The fourth-order valence-electron chi connectivity index (χ4n) is 2.38. The maximum Gasteiger partial charge on any atom is 0.124 e. The van der Waals surface area contributed by atoms with E-state index in [1.54, 1.807) is 0 Å². The van der Waals surface area contributed by atoms with Gasteiger partial charge in [-0.2, -0.15) is 0 Å². The SMILES string of the molecule is CCCOc1ccccc1C(Cc1cccc(Cl)c1)NC. The minimum atomic E-state index is 0.205. The van der Waals surface area contributed by atoms with E-state index in [4.69, 9.17) is 16.3 Å². The van der Waals surface area contributed by atoms with Crippen molar-refractivity contribution in [2.24, 2.45) is 0 Å². The van der Waals surface area contributed by atoms with Gasteiger partial charge in [0.1, 0.15) is 5.75 Å². The highest BCUT2D eigenvalue weighted by atomic mass is 35.5. The van der Waals surface area contributed by atoms with Crippen molar-refractivity contribution in [3.05, 3.63) is 64.7 Å². The molecule has 2 aromatic carbocycles. The van der Waals surface area contributed by atoms with Crippen molar-refractivity contribution in [3.63, 3.8) is 0 Å². The standard InChI is InChI=1S/C18H22ClNO/c1-3-11-21-18-10-5-4-9-16(18)17(20-2)13-14-7-6-8-15(19)12-14/h4-10,12,17,20H,3,11,13H2,1-2H3. The number of likely N-dealkylation sites (N-methyl/N-ethyl adjacent to an activating group) is 1. The molecule has 3 heteroatoms. The molecule has 0 fully saturated rings. The third kappa shape index (κ3) is 4.48. The minimum Gasteiger partial charge on any atom is -0.493 e. The van der Waals surface area contributed by atoms with Crippen LogP contribution in [0.2, 0.25) is 5.02 Å². The average Bonchev–Trinajstić information content (AvgIpc) is 2.51. The molecule has 0 aliphatic rings. The maximum absolute atomic E-state index is 6.07. The third-order valence-electron chi connectivity index (χ3n) is 3.43. The van der Waals surface area contributed by atoms with Gasteiger partial charge in [0.2, 0.25) is 0 Å². The molecule has 0 saturated carbocycles. The number of hydrogen-bond acceptors (Lipinski definition) is 2. The second-order valence-electron chi connectivity index (χ2n) is 5.06. The number of para-hydroxylation sites is 1. The van der Waals surface area contributed by atoms with E-state index in [2.05, 4.69) is 30.4 Å². The number of halogens is 1. The van der Waals surface area contributed by atoms with E-state index in [-0.39, 0.29) is 6.04 Å². The van der Waals surface area contributed by atoms with Crippen molar-refractivity contribution in [3.8, 4) is 5.75 Å². The first kappa shape index (κ1) is 15.9. The molecule has 0 aliphatic heterocycles. The molecule has 0 saturated heterocycles. The summed E-state index contributed by atoms with van der Waals surface area (Å²) in [6.45, 7) is 2.86. The zero-order valence-corrected chi connectivity index (χ0v) is 13.4. The number of nitrogens with one attached hydrogen (secondary N) is 1. The molecule has 2 rings (SSSR count). The van der Waals surface area contributed by atoms with Crippen LogP contribution in [0.25, 0.3) is 0 Å². The van der Waals surface area contributed by atoms with Crippen LogP contribution in [0, 0.1) is 0 Å². The molecule has 1 atom stereocenters. The number of benzene rings is 2. The van der Waals surface area contributed by atoms with Crippen molar-refractivity contribution in [2.45, 2.75) is 25.8 Å². The van der Waals surface area contributed by atoms with E-state index in [0.717, 1.165) is 30.2 Å². The molecular weight excluding hydrogens is 282 g/mol. The van der Waals surface area contributed by atoms with Gasteiger partial charge in [-0.1, -0.05) is 48.9 Å². The molecule has 21 heavy (non-hydrogen) atoms. The summed E-state index contributed by atoms with van der Waals surface area (Å²) in [6, 6.07) is 16.4. The molecule has 2 aromatic rings. The van der Waals surface area contributed by atoms with Gasteiger partial charge < -0.3 is 10.1 Å². The van der Waals surface area contributed by atoms with Gasteiger partial charge in [-0.25, -0.2) is 0 Å². The molecule has 0 spiro atoms. The Morgan fingerprint density at radius 1 is 1.14 bits per heavy atom. The first-order chi connectivity index (χ1) is 10.2. The summed E-state index contributed by atoms with van der Waals surface area (Å²) >= 11 is 6.07. The molecule has 0 amide bonds. The Bertz CT molecular complexity index is 571. The van der Waals surface area contributed by atoms with Crippen LogP contribution in [0.1, 0.15) is 30.5 Å². The molecule has 112 valence electrons. The fourth-order valence-corrected chi connectivity index (χ4v) is 2.59. The first-order valence-corrected chi connectivity index (χ1v) is 7.75. The molecule has 0 aliphatic carbocycles. The lowest BCUT2D eigenvalue weighted by Gasteiger charge is -2.20. The van der Waals surface area contributed by atoms with Gasteiger partial charge in [-0.05, 0) is 43.7 Å². The Morgan fingerprint density at radius 3 is 2.67 bits per heavy atom. The van der Waals surface area contributed by atoms with Crippen molar-refractivity contribution >= 4 is 11.6 Å². The van der Waals surface area contributed by atoms with Crippen LogP contribution in [0.5, 0.6) is 5.75 Å². The van der Waals surface area contributed by atoms with Crippen LogP contribution in [0.3, 0.4) is 0 Å². The Kier molecular flexibility index (Phi) is 6.09. The Morgan fingerprint density at radius 2 is 1.95 bits per heavy atom. The lowest BCUT2D eigenvalue weighted by Crippen LogP contribution is -2.20. The van der Waals surface area contributed by atoms with E-state index < -0.39 is 0 Å². The summed E-state index contributed by atoms with van der Waals surface area (Å²) in [5.41, 5.74) is 2.40. The predicted octanol–water partition coefficient (Wildman–Crippen LogP) is 4.63. The zero-order chi connectivity index (χ0) is 15.1. The summed E-state index contributed by atoms with van der Waals surface area (Å²) < 4.78 is 5.86. The summed E-state index contributed by atoms with van der Waals surface area (Å²) in [5, 5.41) is 4.16. The van der Waals surface area contributed by atoms with Gasteiger partial charge in [0.15, 0.2) is 0 Å². The Hall–Kier alpha value is -1.51. The molecular formula is C18H22ClNO. The largest absolute Gasteiger partial charge is 0.493 e. The van der Waals surface area contributed by atoms with E-state index in [0.29, 0.717) is 0 Å². The second-order valence-corrected chi connectivity index (χ2v) is 5.50. The lowest BCUT2D eigenvalue weighted by atomic mass is 9.98. The highest BCUT2D eigenvalue weighted by Gasteiger charge is 2.15. The maximum atomic E-state index is 6.07. The normalized spacial score (nSPS) is 12.1. The van der Waals surface area contributed by atoms with Gasteiger partial charge in [0.05, 0.1) is 6.61 Å². The van der Waals surface area contributed by atoms with Crippen LogP contribution in [0.4, 0.5) is 0 Å². The van der Waals surface area contributed by atoms with Gasteiger partial charge in [0.25, 0.3) is 0 Å². The van der Waals surface area contributed by atoms with Crippen LogP contribution in [-0.4, -0.2) is 13.7 Å². The zero-order valence-electron chi connectivity index (χ0n) is 12.6. The van der Waals surface area contributed by atoms with Crippen LogP contribution in [-0.2, 0) is 6.42 Å². The topological polar surface area (TPSA) is 21.3 Å². The van der Waals surface area contributed by atoms with E-state index in [1.165, 1.54) is 11.1 Å².